The average molecular weight is 388 g/mol. The molecular formula is C18H14ClN3O3S. The van der Waals surface area contributed by atoms with E-state index in [4.69, 9.17) is 16.3 Å². The van der Waals surface area contributed by atoms with Gasteiger partial charge in [0.15, 0.2) is 5.13 Å². The standard InChI is InChI=1S/C18H14ClN3O3S/c1-2-25-17(24)15-14(11-6-4-3-5-7-11)21-18(26-15)22-16(23)12-8-9-13(19)20-10-12/h3-10H,2H2,1H3,(H,21,22,23). The second kappa shape index (κ2) is 8.07. The number of hydrogen-bond donors (Lipinski definition) is 1. The third kappa shape index (κ3) is 4.07. The van der Waals surface area contributed by atoms with Crippen LogP contribution >= 0.6 is 22.9 Å². The quantitative estimate of drug-likeness (QED) is 0.521. The van der Waals surface area contributed by atoms with Crippen molar-refractivity contribution in [1.29, 1.82) is 0 Å². The first-order chi connectivity index (χ1) is 12.6. The number of aromatic nitrogens is 2. The summed E-state index contributed by atoms with van der Waals surface area (Å²) in [7, 11) is 0. The van der Waals surface area contributed by atoms with Crippen LogP contribution in [-0.2, 0) is 4.74 Å². The number of carbonyl (C=O) groups excluding carboxylic acids is 2. The van der Waals surface area contributed by atoms with E-state index in [0.717, 1.165) is 16.9 Å². The molecule has 26 heavy (non-hydrogen) atoms. The number of anilines is 1. The zero-order chi connectivity index (χ0) is 18.5. The molecule has 0 spiro atoms. The van der Waals surface area contributed by atoms with Crippen molar-refractivity contribution in [2.45, 2.75) is 6.92 Å². The number of amides is 1. The minimum Gasteiger partial charge on any atom is -0.462 e. The van der Waals surface area contributed by atoms with Gasteiger partial charge in [-0.2, -0.15) is 0 Å². The monoisotopic (exact) mass is 387 g/mol. The molecule has 132 valence electrons. The molecule has 2 heterocycles. The van der Waals surface area contributed by atoms with Crippen LogP contribution in [0.5, 0.6) is 0 Å². The van der Waals surface area contributed by atoms with E-state index in [1.807, 2.05) is 30.3 Å². The van der Waals surface area contributed by atoms with Crippen LogP contribution < -0.4 is 5.32 Å². The van der Waals surface area contributed by atoms with Gasteiger partial charge in [-0.3, -0.25) is 10.1 Å². The Balaban J connectivity index is 1.91. The zero-order valence-corrected chi connectivity index (χ0v) is 15.3. The number of nitrogens with one attached hydrogen (secondary N) is 1. The van der Waals surface area contributed by atoms with Crippen LogP contribution in [0.4, 0.5) is 5.13 Å². The second-order valence-corrected chi connectivity index (χ2v) is 6.49. The van der Waals surface area contributed by atoms with Gasteiger partial charge in [-0.25, -0.2) is 14.8 Å². The highest BCUT2D eigenvalue weighted by Crippen LogP contribution is 2.32. The van der Waals surface area contributed by atoms with Crippen molar-refractivity contribution in [3.63, 3.8) is 0 Å². The summed E-state index contributed by atoms with van der Waals surface area (Å²) in [4.78, 5) is 33.2. The Morgan fingerprint density at radius 1 is 1.19 bits per heavy atom. The Bertz CT molecular complexity index is 927. The molecular weight excluding hydrogens is 374 g/mol. The lowest BCUT2D eigenvalue weighted by Crippen LogP contribution is -2.11. The van der Waals surface area contributed by atoms with Gasteiger partial charge >= 0.3 is 5.97 Å². The summed E-state index contributed by atoms with van der Waals surface area (Å²) in [5, 5.41) is 3.28. The van der Waals surface area contributed by atoms with Crippen molar-refractivity contribution < 1.29 is 14.3 Å². The van der Waals surface area contributed by atoms with Crippen molar-refractivity contribution in [2.24, 2.45) is 0 Å². The van der Waals surface area contributed by atoms with Gasteiger partial charge < -0.3 is 4.74 Å². The molecule has 3 aromatic rings. The number of ether oxygens (including phenoxy) is 1. The third-order valence-electron chi connectivity index (χ3n) is 3.35. The van der Waals surface area contributed by atoms with Crippen molar-refractivity contribution in [2.75, 3.05) is 11.9 Å². The van der Waals surface area contributed by atoms with Crippen LogP contribution in [-0.4, -0.2) is 28.5 Å². The Morgan fingerprint density at radius 2 is 1.96 bits per heavy atom. The highest BCUT2D eigenvalue weighted by molar-refractivity contribution is 7.18. The van der Waals surface area contributed by atoms with E-state index in [-0.39, 0.29) is 6.61 Å². The summed E-state index contributed by atoms with van der Waals surface area (Å²) >= 11 is 6.79. The normalized spacial score (nSPS) is 10.4. The van der Waals surface area contributed by atoms with Crippen LogP contribution in [0.3, 0.4) is 0 Å². The van der Waals surface area contributed by atoms with Gasteiger partial charge in [0, 0.05) is 11.8 Å². The number of benzene rings is 1. The fraction of sp³-hybridized carbons (Fsp3) is 0.111. The molecule has 3 rings (SSSR count). The zero-order valence-electron chi connectivity index (χ0n) is 13.7. The summed E-state index contributed by atoms with van der Waals surface area (Å²) in [6, 6.07) is 12.3. The maximum Gasteiger partial charge on any atom is 0.350 e. The third-order valence-corrected chi connectivity index (χ3v) is 4.52. The van der Waals surface area contributed by atoms with Gasteiger partial charge in [0.2, 0.25) is 0 Å². The maximum atomic E-state index is 12.3. The molecule has 1 aromatic carbocycles. The number of carbonyl (C=O) groups is 2. The van der Waals surface area contributed by atoms with Crippen molar-refractivity contribution in [3.8, 4) is 11.3 Å². The van der Waals surface area contributed by atoms with E-state index >= 15 is 0 Å². The molecule has 1 amide bonds. The summed E-state index contributed by atoms with van der Waals surface area (Å²) in [5.74, 6) is -0.865. The SMILES string of the molecule is CCOC(=O)c1sc(NC(=O)c2ccc(Cl)nc2)nc1-c1ccccc1. The summed E-state index contributed by atoms with van der Waals surface area (Å²) < 4.78 is 5.10. The second-order valence-electron chi connectivity index (χ2n) is 5.11. The van der Waals surface area contributed by atoms with Gasteiger partial charge in [0.05, 0.1) is 17.9 Å². The van der Waals surface area contributed by atoms with Gasteiger partial charge in [-0.15, -0.1) is 0 Å². The van der Waals surface area contributed by atoms with Crippen LogP contribution in [0.15, 0.2) is 48.7 Å². The molecule has 0 radical (unpaired) electrons. The predicted molar refractivity (Wildman–Crippen MR) is 101 cm³/mol. The van der Waals surface area contributed by atoms with Crippen molar-refractivity contribution >= 4 is 39.9 Å². The summed E-state index contributed by atoms with van der Waals surface area (Å²) in [6.07, 6.45) is 1.37. The predicted octanol–water partition coefficient (Wildman–Crippen LogP) is 4.29. The number of hydrogen-bond acceptors (Lipinski definition) is 6. The van der Waals surface area contributed by atoms with Gasteiger partial charge in [-0.1, -0.05) is 53.3 Å². The van der Waals surface area contributed by atoms with Crippen molar-refractivity contribution in [3.05, 3.63) is 64.3 Å². The Labute approximate surface area is 158 Å². The first-order valence-electron chi connectivity index (χ1n) is 7.74. The van der Waals surface area contributed by atoms with E-state index in [1.54, 1.807) is 13.0 Å². The molecule has 0 aliphatic heterocycles. The number of nitrogens with zero attached hydrogens (tertiary/aromatic N) is 2. The van der Waals surface area contributed by atoms with Gasteiger partial charge in [0.25, 0.3) is 5.91 Å². The van der Waals surface area contributed by atoms with Crippen LogP contribution in [0, 0.1) is 0 Å². The van der Waals surface area contributed by atoms with E-state index in [1.165, 1.54) is 12.3 Å². The smallest absolute Gasteiger partial charge is 0.350 e. The number of esters is 1. The van der Waals surface area contributed by atoms with Crippen molar-refractivity contribution in [1.82, 2.24) is 9.97 Å². The first kappa shape index (κ1) is 18.0. The lowest BCUT2D eigenvalue weighted by molar-refractivity contribution is 0.0532. The Hall–Kier alpha value is -2.77. The van der Waals surface area contributed by atoms with E-state index in [9.17, 15) is 9.59 Å². The minimum absolute atomic E-state index is 0.253. The summed E-state index contributed by atoms with van der Waals surface area (Å²) in [6.45, 7) is 1.99. The Kier molecular flexibility index (Phi) is 5.60. The highest BCUT2D eigenvalue weighted by Gasteiger charge is 2.21. The fourth-order valence-electron chi connectivity index (χ4n) is 2.18. The average Bonchev–Trinajstić information content (AvgIpc) is 3.07. The van der Waals surface area contributed by atoms with E-state index in [0.29, 0.717) is 26.4 Å². The minimum atomic E-state index is -0.475. The van der Waals surface area contributed by atoms with E-state index in [2.05, 4.69) is 15.3 Å². The number of thiazole rings is 1. The molecule has 0 saturated heterocycles. The van der Waals surface area contributed by atoms with Gasteiger partial charge in [-0.05, 0) is 19.1 Å². The molecule has 6 nitrogen and oxygen atoms in total. The Morgan fingerprint density at radius 3 is 2.62 bits per heavy atom. The van der Waals surface area contributed by atoms with Crippen LogP contribution in [0.25, 0.3) is 11.3 Å². The largest absolute Gasteiger partial charge is 0.462 e. The van der Waals surface area contributed by atoms with Crippen LogP contribution in [0.2, 0.25) is 5.15 Å². The fourth-order valence-corrected chi connectivity index (χ4v) is 3.17. The molecule has 0 unspecified atom stereocenters. The molecule has 0 atom stereocenters. The number of rotatable bonds is 5. The molecule has 8 heteroatoms. The molecule has 0 aliphatic carbocycles. The van der Waals surface area contributed by atoms with Crippen LogP contribution in [0.1, 0.15) is 27.0 Å². The number of halogens is 1. The molecule has 0 bridgehead atoms. The summed E-state index contributed by atoms with van der Waals surface area (Å²) in [5.41, 5.74) is 1.57. The lowest BCUT2D eigenvalue weighted by Gasteiger charge is -2.01. The van der Waals surface area contributed by atoms with Gasteiger partial charge in [0.1, 0.15) is 10.0 Å². The molecule has 1 N–H and O–H groups in total. The number of pyridine rings is 1. The molecule has 2 aromatic heterocycles. The molecule has 0 saturated carbocycles. The first-order valence-corrected chi connectivity index (χ1v) is 8.94. The lowest BCUT2D eigenvalue weighted by atomic mass is 10.1. The maximum absolute atomic E-state index is 12.3. The molecule has 0 aliphatic rings. The highest BCUT2D eigenvalue weighted by atomic mass is 35.5. The topological polar surface area (TPSA) is 81.2 Å². The van der Waals surface area contributed by atoms with E-state index < -0.39 is 11.9 Å². The molecule has 0 fully saturated rings.